The van der Waals surface area contributed by atoms with Gasteiger partial charge in [0.25, 0.3) is 0 Å². The van der Waals surface area contributed by atoms with Crippen LogP contribution in [0.1, 0.15) is 27.9 Å². The summed E-state index contributed by atoms with van der Waals surface area (Å²) >= 11 is 0. The van der Waals surface area contributed by atoms with E-state index >= 15 is 0 Å². The van der Waals surface area contributed by atoms with Gasteiger partial charge in [-0.05, 0) is 24.0 Å². The van der Waals surface area contributed by atoms with Gasteiger partial charge in [-0.1, -0.05) is 91.0 Å². The number of carbonyl (C=O) groups is 1. The Hall–Kier alpha value is -2.75. The molecule has 1 aliphatic heterocycles. The molecule has 3 aromatic rings. The molecular formula is C26H27NO2. The highest BCUT2D eigenvalue weighted by atomic mass is 16.3. The number of ketones is 1. The van der Waals surface area contributed by atoms with Crippen molar-refractivity contribution in [2.75, 3.05) is 19.6 Å². The molecule has 1 fully saturated rings. The van der Waals surface area contributed by atoms with Crippen molar-refractivity contribution in [2.24, 2.45) is 5.92 Å². The van der Waals surface area contributed by atoms with Gasteiger partial charge in [0, 0.05) is 25.2 Å². The van der Waals surface area contributed by atoms with Crippen LogP contribution in [0.15, 0.2) is 91.0 Å². The standard InChI is InChI=1S/C26H27NO2/c28-25(22-12-6-2-7-13-22)24-20-27(18-16-21-10-4-1-5-11-21)19-17-26(24,29)23-14-8-3-9-15-23/h1-15,24,29H,16-20H2/t24-,26+/m0/s1. The predicted octanol–water partition coefficient (Wildman–Crippen LogP) is 4.32. The second kappa shape index (κ2) is 8.73. The largest absolute Gasteiger partial charge is 0.384 e. The smallest absolute Gasteiger partial charge is 0.170 e. The first-order chi connectivity index (χ1) is 14.2. The van der Waals surface area contributed by atoms with Gasteiger partial charge in [-0.25, -0.2) is 0 Å². The second-order valence-corrected chi connectivity index (χ2v) is 7.86. The van der Waals surface area contributed by atoms with Crippen LogP contribution in [0.3, 0.4) is 0 Å². The lowest BCUT2D eigenvalue weighted by Gasteiger charge is -2.44. The number of Topliss-reactive ketones (excluding diaryl/α,β-unsaturated/α-hetero) is 1. The van der Waals surface area contributed by atoms with Crippen LogP contribution in [0.4, 0.5) is 0 Å². The van der Waals surface area contributed by atoms with E-state index in [1.165, 1.54) is 5.56 Å². The highest BCUT2D eigenvalue weighted by molar-refractivity contribution is 5.99. The molecule has 2 atom stereocenters. The Labute approximate surface area is 172 Å². The quantitative estimate of drug-likeness (QED) is 0.643. The maximum absolute atomic E-state index is 13.4. The normalized spacial score (nSPS) is 22.3. The van der Waals surface area contributed by atoms with Gasteiger partial charge in [0.05, 0.1) is 5.92 Å². The van der Waals surface area contributed by atoms with Crippen LogP contribution in [-0.2, 0) is 12.0 Å². The maximum Gasteiger partial charge on any atom is 0.170 e. The van der Waals surface area contributed by atoms with Crippen LogP contribution in [0.25, 0.3) is 0 Å². The molecule has 0 amide bonds. The molecule has 3 nitrogen and oxygen atoms in total. The molecule has 1 aliphatic rings. The van der Waals surface area contributed by atoms with Gasteiger partial charge in [-0.15, -0.1) is 0 Å². The third-order valence-electron chi connectivity index (χ3n) is 6.03. The van der Waals surface area contributed by atoms with Crippen molar-refractivity contribution in [1.29, 1.82) is 0 Å². The number of aliphatic hydroxyl groups is 1. The number of rotatable bonds is 6. The van der Waals surface area contributed by atoms with E-state index in [4.69, 9.17) is 0 Å². The summed E-state index contributed by atoms with van der Waals surface area (Å²) in [5.41, 5.74) is 1.65. The molecule has 0 aliphatic carbocycles. The average molecular weight is 386 g/mol. The monoisotopic (exact) mass is 385 g/mol. The highest BCUT2D eigenvalue weighted by Crippen LogP contribution is 2.39. The van der Waals surface area contributed by atoms with E-state index in [1.807, 2.05) is 66.7 Å². The fraction of sp³-hybridized carbons (Fsp3) is 0.269. The Balaban J connectivity index is 1.58. The molecular weight excluding hydrogens is 358 g/mol. The third-order valence-corrected chi connectivity index (χ3v) is 6.03. The van der Waals surface area contributed by atoms with Gasteiger partial charge in [-0.2, -0.15) is 0 Å². The maximum atomic E-state index is 13.4. The predicted molar refractivity (Wildman–Crippen MR) is 116 cm³/mol. The van der Waals surface area contributed by atoms with Crippen LogP contribution < -0.4 is 0 Å². The Kier molecular flexibility index (Phi) is 5.89. The number of likely N-dealkylation sites (tertiary alicyclic amines) is 1. The van der Waals surface area contributed by atoms with Gasteiger partial charge < -0.3 is 10.0 Å². The Morgan fingerprint density at radius 3 is 2.14 bits per heavy atom. The second-order valence-electron chi connectivity index (χ2n) is 7.86. The van der Waals surface area contributed by atoms with Crippen LogP contribution >= 0.6 is 0 Å². The number of carbonyl (C=O) groups excluding carboxylic acids is 1. The van der Waals surface area contributed by atoms with E-state index in [0.717, 1.165) is 25.1 Å². The first-order valence-corrected chi connectivity index (χ1v) is 10.3. The molecule has 0 radical (unpaired) electrons. The van der Waals surface area contributed by atoms with Crippen molar-refractivity contribution in [3.8, 4) is 0 Å². The summed E-state index contributed by atoms with van der Waals surface area (Å²) < 4.78 is 0. The lowest BCUT2D eigenvalue weighted by Crippen LogP contribution is -2.53. The van der Waals surface area contributed by atoms with Gasteiger partial charge in [0.15, 0.2) is 5.78 Å². The molecule has 0 spiro atoms. The fourth-order valence-corrected chi connectivity index (χ4v) is 4.31. The Morgan fingerprint density at radius 1 is 0.897 bits per heavy atom. The summed E-state index contributed by atoms with van der Waals surface area (Å²) in [4.78, 5) is 15.7. The van der Waals surface area contributed by atoms with E-state index < -0.39 is 11.5 Å². The molecule has 1 saturated heterocycles. The molecule has 0 aromatic heterocycles. The SMILES string of the molecule is O=C(c1ccccc1)[C@@H]1CN(CCc2ccccc2)CC[C@@]1(O)c1ccccc1. The zero-order chi connectivity index (χ0) is 20.1. The van der Waals surface area contributed by atoms with Crippen molar-refractivity contribution in [2.45, 2.75) is 18.4 Å². The number of hydrogen-bond donors (Lipinski definition) is 1. The fourth-order valence-electron chi connectivity index (χ4n) is 4.31. The molecule has 3 aromatic carbocycles. The molecule has 0 bridgehead atoms. The number of hydrogen-bond acceptors (Lipinski definition) is 3. The van der Waals surface area contributed by atoms with Crippen molar-refractivity contribution >= 4 is 5.78 Å². The molecule has 0 unspecified atom stereocenters. The first kappa shape index (κ1) is 19.6. The van der Waals surface area contributed by atoms with E-state index in [1.54, 1.807) is 0 Å². The zero-order valence-electron chi connectivity index (χ0n) is 16.6. The molecule has 1 N–H and O–H groups in total. The van der Waals surface area contributed by atoms with Crippen LogP contribution in [0.5, 0.6) is 0 Å². The topological polar surface area (TPSA) is 40.5 Å². The molecule has 3 heteroatoms. The van der Waals surface area contributed by atoms with E-state index in [-0.39, 0.29) is 5.78 Å². The van der Waals surface area contributed by atoms with E-state index in [0.29, 0.717) is 18.5 Å². The Morgan fingerprint density at radius 2 is 1.48 bits per heavy atom. The number of benzene rings is 3. The van der Waals surface area contributed by atoms with Crippen molar-refractivity contribution in [3.05, 3.63) is 108 Å². The highest BCUT2D eigenvalue weighted by Gasteiger charge is 2.46. The minimum Gasteiger partial charge on any atom is -0.384 e. The zero-order valence-corrected chi connectivity index (χ0v) is 16.6. The van der Waals surface area contributed by atoms with Gasteiger partial charge in [0.1, 0.15) is 5.60 Å². The lowest BCUT2D eigenvalue weighted by molar-refractivity contribution is -0.0639. The van der Waals surface area contributed by atoms with Crippen molar-refractivity contribution < 1.29 is 9.90 Å². The van der Waals surface area contributed by atoms with Crippen LogP contribution in [0.2, 0.25) is 0 Å². The molecule has 4 rings (SSSR count). The minimum atomic E-state index is -1.14. The lowest BCUT2D eigenvalue weighted by atomic mass is 9.72. The summed E-state index contributed by atoms with van der Waals surface area (Å²) in [5, 5.41) is 11.7. The summed E-state index contributed by atoms with van der Waals surface area (Å²) in [7, 11) is 0. The minimum absolute atomic E-state index is 0.0152. The van der Waals surface area contributed by atoms with Gasteiger partial charge >= 0.3 is 0 Å². The van der Waals surface area contributed by atoms with Gasteiger partial charge in [-0.3, -0.25) is 4.79 Å². The number of nitrogens with zero attached hydrogens (tertiary/aromatic N) is 1. The van der Waals surface area contributed by atoms with Crippen LogP contribution in [0, 0.1) is 5.92 Å². The Bertz CT molecular complexity index is 927. The third kappa shape index (κ3) is 4.31. The summed E-state index contributed by atoms with van der Waals surface area (Å²) in [6.45, 7) is 2.22. The first-order valence-electron chi connectivity index (χ1n) is 10.3. The molecule has 148 valence electrons. The summed E-state index contributed by atoms with van der Waals surface area (Å²) in [6, 6.07) is 29.4. The molecule has 29 heavy (non-hydrogen) atoms. The van der Waals surface area contributed by atoms with E-state index in [9.17, 15) is 9.90 Å². The summed E-state index contributed by atoms with van der Waals surface area (Å²) in [5.74, 6) is -0.474. The van der Waals surface area contributed by atoms with Crippen molar-refractivity contribution in [3.63, 3.8) is 0 Å². The van der Waals surface area contributed by atoms with Gasteiger partial charge in [0.2, 0.25) is 0 Å². The average Bonchev–Trinajstić information content (AvgIpc) is 2.80. The molecule has 0 saturated carbocycles. The molecule has 1 heterocycles. The number of piperidine rings is 1. The summed E-state index contributed by atoms with van der Waals surface area (Å²) in [6.07, 6.45) is 1.49. The van der Waals surface area contributed by atoms with E-state index in [2.05, 4.69) is 29.2 Å². The van der Waals surface area contributed by atoms with Crippen LogP contribution in [-0.4, -0.2) is 35.4 Å². The van der Waals surface area contributed by atoms with Crippen molar-refractivity contribution in [1.82, 2.24) is 4.90 Å².